The molecule has 0 radical (unpaired) electrons. The van der Waals surface area contributed by atoms with E-state index < -0.39 is 0 Å². The summed E-state index contributed by atoms with van der Waals surface area (Å²) in [4.78, 5) is 43.4. The van der Waals surface area contributed by atoms with E-state index in [1.807, 2.05) is 41.8 Å². The molecule has 9 heteroatoms. The molecule has 3 aromatic rings. The first-order valence-corrected chi connectivity index (χ1v) is 10.6. The number of amides is 3. The van der Waals surface area contributed by atoms with Crippen LogP contribution in [-0.4, -0.2) is 33.5 Å². The zero-order valence-electron chi connectivity index (χ0n) is 13.9. The zero-order chi connectivity index (χ0) is 18.8. The molecule has 2 aromatic heterocycles. The number of aromatic nitrogens is 1. The molecular weight excluding hydrogens is 402 g/mol. The van der Waals surface area contributed by atoms with E-state index >= 15 is 0 Å². The van der Waals surface area contributed by atoms with Crippen molar-refractivity contribution in [1.29, 1.82) is 0 Å². The van der Waals surface area contributed by atoms with Gasteiger partial charge in [-0.1, -0.05) is 29.5 Å². The third-order valence-electron chi connectivity index (χ3n) is 3.79. The topological polar surface area (TPSA) is 79.4 Å². The summed E-state index contributed by atoms with van der Waals surface area (Å²) >= 11 is 3.78. The van der Waals surface area contributed by atoms with Crippen LogP contribution in [0, 0.1) is 0 Å². The van der Waals surface area contributed by atoms with Crippen molar-refractivity contribution in [2.45, 2.75) is 6.42 Å². The molecule has 1 aliphatic heterocycles. The lowest BCUT2D eigenvalue weighted by molar-refractivity contribution is -0.123. The van der Waals surface area contributed by atoms with Crippen molar-refractivity contribution < 1.29 is 14.4 Å². The highest BCUT2D eigenvalue weighted by Gasteiger charge is 2.35. The third kappa shape index (κ3) is 3.95. The number of rotatable bonds is 5. The van der Waals surface area contributed by atoms with Gasteiger partial charge in [-0.3, -0.25) is 19.3 Å². The molecule has 3 heterocycles. The summed E-state index contributed by atoms with van der Waals surface area (Å²) in [7, 11) is 0. The largest absolute Gasteiger partial charge is 0.302 e. The maximum absolute atomic E-state index is 12.4. The number of anilines is 1. The van der Waals surface area contributed by atoms with E-state index in [1.165, 1.54) is 22.7 Å². The average Bonchev–Trinajstić information content (AvgIpc) is 3.34. The highest BCUT2D eigenvalue weighted by Crippen LogP contribution is 2.33. The van der Waals surface area contributed by atoms with Gasteiger partial charge in [0.2, 0.25) is 5.91 Å². The fourth-order valence-electron chi connectivity index (χ4n) is 2.52. The van der Waals surface area contributed by atoms with Crippen LogP contribution in [0.5, 0.6) is 0 Å². The first-order valence-electron chi connectivity index (χ1n) is 8.04. The molecule has 1 N–H and O–H groups in total. The van der Waals surface area contributed by atoms with Crippen LogP contribution >= 0.6 is 34.4 Å². The first-order chi connectivity index (χ1) is 13.1. The number of carbonyl (C=O) groups is 3. The minimum absolute atomic E-state index is 0.0280. The molecule has 27 heavy (non-hydrogen) atoms. The SMILES string of the molecule is O=C(CCN1C(=O)S/C(=C\c2cccs2)C1=O)Nc1nc2ccccc2s1. The Labute approximate surface area is 166 Å². The molecule has 0 unspecified atom stereocenters. The molecular formula is C18H13N3O3S3. The quantitative estimate of drug-likeness (QED) is 0.624. The van der Waals surface area contributed by atoms with Crippen molar-refractivity contribution >= 4 is 72.9 Å². The van der Waals surface area contributed by atoms with Crippen molar-refractivity contribution in [3.63, 3.8) is 0 Å². The van der Waals surface area contributed by atoms with Gasteiger partial charge in [0.1, 0.15) is 0 Å². The van der Waals surface area contributed by atoms with Gasteiger partial charge in [-0.15, -0.1) is 11.3 Å². The minimum Gasteiger partial charge on any atom is -0.302 e. The van der Waals surface area contributed by atoms with Gasteiger partial charge in [-0.25, -0.2) is 4.98 Å². The Balaban J connectivity index is 1.37. The summed E-state index contributed by atoms with van der Waals surface area (Å²) in [6.07, 6.45) is 1.73. The van der Waals surface area contributed by atoms with Crippen molar-refractivity contribution in [2.75, 3.05) is 11.9 Å². The molecule has 1 aromatic carbocycles. The van der Waals surface area contributed by atoms with E-state index in [-0.39, 0.29) is 30.0 Å². The number of imide groups is 1. The monoisotopic (exact) mass is 415 g/mol. The van der Waals surface area contributed by atoms with Crippen LogP contribution in [0.25, 0.3) is 16.3 Å². The molecule has 0 saturated carbocycles. The van der Waals surface area contributed by atoms with E-state index in [4.69, 9.17) is 0 Å². The van der Waals surface area contributed by atoms with Crippen molar-refractivity contribution in [3.8, 4) is 0 Å². The number of para-hydroxylation sites is 1. The second-order valence-electron chi connectivity index (χ2n) is 5.63. The normalized spacial score (nSPS) is 15.9. The van der Waals surface area contributed by atoms with E-state index in [1.54, 1.807) is 6.08 Å². The van der Waals surface area contributed by atoms with E-state index in [0.717, 1.165) is 31.8 Å². The summed E-state index contributed by atoms with van der Waals surface area (Å²) in [6, 6.07) is 11.4. The number of thiophene rings is 1. The molecule has 0 bridgehead atoms. The van der Waals surface area contributed by atoms with E-state index in [9.17, 15) is 14.4 Å². The van der Waals surface area contributed by atoms with Crippen molar-refractivity contribution in [2.24, 2.45) is 0 Å². The standard InChI is InChI=1S/C18H13N3O3S3/c22-15(20-17-19-12-5-1-2-6-13(12)26-17)7-8-21-16(23)14(27-18(21)24)10-11-4-3-9-25-11/h1-6,9-10H,7-8H2,(H,19,20,22)/b14-10-. The lowest BCUT2D eigenvalue weighted by atomic mass is 10.3. The van der Waals surface area contributed by atoms with Crippen LogP contribution in [0.3, 0.4) is 0 Å². The number of thioether (sulfide) groups is 1. The van der Waals surface area contributed by atoms with E-state index in [2.05, 4.69) is 10.3 Å². The summed E-state index contributed by atoms with van der Waals surface area (Å²) in [5, 5.41) is 4.79. The molecule has 0 aliphatic carbocycles. The summed E-state index contributed by atoms with van der Waals surface area (Å²) < 4.78 is 0.984. The minimum atomic E-state index is -0.355. The van der Waals surface area contributed by atoms with Gasteiger partial charge in [0, 0.05) is 17.8 Å². The number of nitrogens with zero attached hydrogens (tertiary/aromatic N) is 2. The lowest BCUT2D eigenvalue weighted by Crippen LogP contribution is -2.31. The molecule has 0 spiro atoms. The first kappa shape index (κ1) is 17.9. The molecule has 0 atom stereocenters. The molecule has 1 aliphatic rings. The predicted molar refractivity (Wildman–Crippen MR) is 110 cm³/mol. The van der Waals surface area contributed by atoms with Gasteiger partial charge >= 0.3 is 0 Å². The molecule has 1 fully saturated rings. The Morgan fingerprint density at radius 3 is 2.81 bits per heavy atom. The van der Waals surface area contributed by atoms with Crippen LogP contribution in [0.15, 0.2) is 46.7 Å². The summed E-state index contributed by atoms with van der Waals surface area (Å²) in [5.41, 5.74) is 0.822. The molecule has 1 saturated heterocycles. The van der Waals surface area contributed by atoms with Crippen LogP contribution in [0.1, 0.15) is 11.3 Å². The molecule has 136 valence electrons. The Kier molecular flexibility index (Phi) is 5.06. The van der Waals surface area contributed by atoms with Gasteiger partial charge in [-0.05, 0) is 41.4 Å². The van der Waals surface area contributed by atoms with Crippen LogP contribution < -0.4 is 5.32 Å². The fourth-order valence-corrected chi connectivity index (χ4v) is 4.99. The summed E-state index contributed by atoms with van der Waals surface area (Å²) in [6.45, 7) is 0.0448. The molecule has 3 amide bonds. The zero-order valence-corrected chi connectivity index (χ0v) is 16.3. The highest BCUT2D eigenvalue weighted by molar-refractivity contribution is 8.18. The Morgan fingerprint density at radius 1 is 1.19 bits per heavy atom. The van der Waals surface area contributed by atoms with Gasteiger partial charge in [0.25, 0.3) is 11.1 Å². The fraction of sp³-hybridized carbons (Fsp3) is 0.111. The van der Waals surface area contributed by atoms with Crippen LogP contribution in [-0.2, 0) is 9.59 Å². The Morgan fingerprint density at radius 2 is 2.04 bits per heavy atom. The molecule has 6 nitrogen and oxygen atoms in total. The second kappa shape index (κ2) is 7.63. The van der Waals surface area contributed by atoms with E-state index in [0.29, 0.717) is 10.0 Å². The van der Waals surface area contributed by atoms with Crippen LogP contribution in [0.4, 0.5) is 9.93 Å². The number of thiazole rings is 1. The number of benzene rings is 1. The number of hydrogen-bond donors (Lipinski definition) is 1. The predicted octanol–water partition coefficient (Wildman–Crippen LogP) is 4.42. The average molecular weight is 416 g/mol. The Bertz CT molecular complexity index is 1020. The number of fused-ring (bicyclic) bond motifs is 1. The smallest absolute Gasteiger partial charge is 0.293 e. The maximum Gasteiger partial charge on any atom is 0.293 e. The second-order valence-corrected chi connectivity index (χ2v) is 8.64. The summed E-state index contributed by atoms with van der Waals surface area (Å²) in [5.74, 6) is -0.637. The third-order valence-corrected chi connectivity index (χ3v) is 6.47. The maximum atomic E-state index is 12.4. The Hall–Kier alpha value is -2.49. The van der Waals surface area contributed by atoms with Crippen molar-refractivity contribution in [3.05, 3.63) is 51.6 Å². The lowest BCUT2D eigenvalue weighted by Gasteiger charge is -2.11. The van der Waals surface area contributed by atoms with Crippen LogP contribution in [0.2, 0.25) is 0 Å². The number of carbonyl (C=O) groups excluding carboxylic acids is 3. The highest BCUT2D eigenvalue weighted by atomic mass is 32.2. The van der Waals surface area contributed by atoms with Gasteiger partial charge in [0.05, 0.1) is 15.1 Å². The number of hydrogen-bond acceptors (Lipinski definition) is 7. The van der Waals surface area contributed by atoms with Crippen molar-refractivity contribution in [1.82, 2.24) is 9.88 Å². The van der Waals surface area contributed by atoms with Gasteiger partial charge in [-0.2, -0.15) is 0 Å². The van der Waals surface area contributed by atoms with Gasteiger partial charge < -0.3 is 5.32 Å². The van der Waals surface area contributed by atoms with Gasteiger partial charge in [0.15, 0.2) is 5.13 Å². The number of nitrogens with one attached hydrogen (secondary N) is 1. The molecule has 4 rings (SSSR count).